The number of rotatable bonds is 10. The third-order valence-corrected chi connectivity index (χ3v) is 5.19. The molecule has 0 saturated heterocycles. The molecule has 1 aromatic heterocycles. The topological polar surface area (TPSA) is 52.5 Å². The molecule has 6 nitrogen and oxygen atoms in total. The molecule has 1 aromatic carbocycles. The van der Waals surface area contributed by atoms with Crippen LogP contribution in [-0.4, -0.2) is 51.3 Å². The summed E-state index contributed by atoms with van der Waals surface area (Å²) in [6.45, 7) is 7.99. The number of thiophene rings is 1. The van der Waals surface area contributed by atoms with E-state index in [1.807, 2.05) is 36.6 Å². The number of oxime groups is 1. The van der Waals surface area contributed by atoms with Crippen molar-refractivity contribution in [1.82, 2.24) is 4.90 Å². The first-order chi connectivity index (χ1) is 13.1. The SMILES string of the molecule is CCN(CC)C(C)ON=C(c1cc(OC)c(OC)c(OC)c1)c1cccs1. The molecule has 0 aliphatic carbocycles. The van der Waals surface area contributed by atoms with E-state index >= 15 is 0 Å². The van der Waals surface area contributed by atoms with E-state index in [1.54, 1.807) is 32.7 Å². The fourth-order valence-corrected chi connectivity index (χ4v) is 3.53. The lowest BCUT2D eigenvalue weighted by Gasteiger charge is -2.24. The molecule has 2 rings (SSSR count). The molecule has 27 heavy (non-hydrogen) atoms. The molecule has 0 fully saturated rings. The van der Waals surface area contributed by atoms with E-state index in [0.717, 1.165) is 29.2 Å². The van der Waals surface area contributed by atoms with Gasteiger partial charge in [-0.2, -0.15) is 0 Å². The van der Waals surface area contributed by atoms with Gasteiger partial charge in [0.1, 0.15) is 5.71 Å². The van der Waals surface area contributed by atoms with Crippen LogP contribution in [0.4, 0.5) is 0 Å². The van der Waals surface area contributed by atoms with Crippen LogP contribution >= 0.6 is 11.3 Å². The molecular formula is C20H28N2O4S. The van der Waals surface area contributed by atoms with Crippen LogP contribution in [0.5, 0.6) is 17.2 Å². The average molecular weight is 393 g/mol. The van der Waals surface area contributed by atoms with Crippen molar-refractivity contribution >= 4 is 17.0 Å². The zero-order valence-corrected chi connectivity index (χ0v) is 17.6. The van der Waals surface area contributed by atoms with Crippen LogP contribution in [-0.2, 0) is 4.84 Å². The van der Waals surface area contributed by atoms with Gasteiger partial charge < -0.3 is 19.0 Å². The summed E-state index contributed by atoms with van der Waals surface area (Å²) in [5.41, 5.74) is 1.56. The summed E-state index contributed by atoms with van der Waals surface area (Å²) in [6.07, 6.45) is -0.128. The number of methoxy groups -OCH3 is 3. The van der Waals surface area contributed by atoms with E-state index in [1.165, 1.54) is 0 Å². The number of nitrogens with zero attached hydrogens (tertiary/aromatic N) is 2. The average Bonchev–Trinajstić information content (AvgIpc) is 3.22. The Hall–Kier alpha value is -2.25. The van der Waals surface area contributed by atoms with Crippen LogP contribution in [0.25, 0.3) is 0 Å². The van der Waals surface area contributed by atoms with Gasteiger partial charge in [-0.3, -0.25) is 4.90 Å². The number of benzene rings is 1. The van der Waals surface area contributed by atoms with E-state index in [9.17, 15) is 0 Å². The monoisotopic (exact) mass is 392 g/mol. The minimum absolute atomic E-state index is 0.128. The lowest BCUT2D eigenvalue weighted by atomic mass is 10.1. The predicted octanol–water partition coefficient (Wildman–Crippen LogP) is 4.23. The fourth-order valence-electron chi connectivity index (χ4n) is 2.80. The lowest BCUT2D eigenvalue weighted by Crippen LogP contribution is -2.33. The number of ether oxygens (including phenoxy) is 3. The van der Waals surface area contributed by atoms with E-state index in [2.05, 4.69) is 23.9 Å². The lowest BCUT2D eigenvalue weighted by molar-refractivity contribution is -0.0403. The van der Waals surface area contributed by atoms with Gasteiger partial charge in [-0.05, 0) is 43.6 Å². The van der Waals surface area contributed by atoms with Gasteiger partial charge in [-0.25, -0.2) is 0 Å². The Labute approximate surface area is 165 Å². The van der Waals surface area contributed by atoms with Crippen molar-refractivity contribution in [1.29, 1.82) is 0 Å². The summed E-state index contributed by atoms with van der Waals surface area (Å²) >= 11 is 1.60. The fraction of sp³-hybridized carbons (Fsp3) is 0.450. The Morgan fingerprint density at radius 1 is 1.07 bits per heavy atom. The largest absolute Gasteiger partial charge is 0.493 e. The molecule has 0 radical (unpaired) electrons. The number of hydrogen-bond donors (Lipinski definition) is 0. The van der Waals surface area contributed by atoms with E-state index in [4.69, 9.17) is 19.0 Å². The highest BCUT2D eigenvalue weighted by atomic mass is 32.1. The highest BCUT2D eigenvalue weighted by Crippen LogP contribution is 2.39. The summed E-state index contributed by atoms with van der Waals surface area (Å²) in [4.78, 5) is 9.02. The molecule has 148 valence electrons. The van der Waals surface area contributed by atoms with Gasteiger partial charge in [0.15, 0.2) is 17.7 Å². The molecule has 7 heteroatoms. The molecule has 0 N–H and O–H groups in total. The summed E-state index contributed by atoms with van der Waals surface area (Å²) in [6, 6.07) is 7.76. The molecule has 1 atom stereocenters. The maximum absolute atomic E-state index is 5.84. The van der Waals surface area contributed by atoms with Gasteiger partial charge >= 0.3 is 0 Å². The van der Waals surface area contributed by atoms with Crippen LogP contribution in [0, 0.1) is 0 Å². The van der Waals surface area contributed by atoms with E-state index in [-0.39, 0.29) is 6.23 Å². The molecule has 0 aliphatic heterocycles. The van der Waals surface area contributed by atoms with Crippen molar-refractivity contribution in [3.05, 3.63) is 40.1 Å². The first kappa shape index (κ1) is 21.1. The Bertz CT molecular complexity index is 717. The standard InChI is InChI=1S/C20H28N2O4S/c1-7-22(8-2)14(3)26-21-19(18-10-9-11-27-18)15-12-16(23-4)20(25-6)17(13-15)24-5/h9-14H,7-8H2,1-6H3. The van der Waals surface area contributed by atoms with Crippen LogP contribution in [0.1, 0.15) is 31.2 Å². The molecule has 1 unspecified atom stereocenters. The van der Waals surface area contributed by atoms with Gasteiger partial charge in [0.2, 0.25) is 5.75 Å². The zero-order valence-electron chi connectivity index (χ0n) is 16.8. The van der Waals surface area contributed by atoms with Crippen LogP contribution < -0.4 is 14.2 Å². The van der Waals surface area contributed by atoms with Crippen molar-refractivity contribution in [2.45, 2.75) is 27.0 Å². The maximum Gasteiger partial charge on any atom is 0.203 e. The van der Waals surface area contributed by atoms with Gasteiger partial charge in [0, 0.05) is 5.56 Å². The molecule has 1 heterocycles. The second-order valence-corrected chi connectivity index (χ2v) is 6.70. The minimum Gasteiger partial charge on any atom is -0.493 e. The first-order valence-electron chi connectivity index (χ1n) is 8.91. The van der Waals surface area contributed by atoms with Crippen LogP contribution in [0.15, 0.2) is 34.8 Å². The second kappa shape index (κ2) is 10.2. The van der Waals surface area contributed by atoms with E-state index < -0.39 is 0 Å². The van der Waals surface area contributed by atoms with Gasteiger partial charge in [-0.15, -0.1) is 11.3 Å². The summed E-state index contributed by atoms with van der Waals surface area (Å²) < 4.78 is 16.4. The summed E-state index contributed by atoms with van der Waals surface area (Å²) in [5, 5.41) is 6.50. The number of hydrogen-bond acceptors (Lipinski definition) is 7. The molecule has 0 aliphatic rings. The zero-order chi connectivity index (χ0) is 19.8. The van der Waals surface area contributed by atoms with Crippen molar-refractivity contribution in [3.63, 3.8) is 0 Å². The Morgan fingerprint density at radius 3 is 2.15 bits per heavy atom. The van der Waals surface area contributed by atoms with Gasteiger partial charge in [-0.1, -0.05) is 25.1 Å². The molecule has 0 spiro atoms. The molecule has 2 aromatic rings. The molecule has 0 bridgehead atoms. The van der Waals surface area contributed by atoms with Gasteiger partial charge in [0.05, 0.1) is 26.2 Å². The highest BCUT2D eigenvalue weighted by Gasteiger charge is 2.19. The first-order valence-corrected chi connectivity index (χ1v) is 9.79. The predicted molar refractivity (Wildman–Crippen MR) is 110 cm³/mol. The maximum atomic E-state index is 5.84. The Morgan fingerprint density at radius 2 is 1.70 bits per heavy atom. The second-order valence-electron chi connectivity index (χ2n) is 5.76. The highest BCUT2D eigenvalue weighted by molar-refractivity contribution is 7.12. The quantitative estimate of drug-likeness (QED) is 0.344. The Balaban J connectivity index is 2.48. The smallest absolute Gasteiger partial charge is 0.203 e. The summed E-state index contributed by atoms with van der Waals surface area (Å²) in [7, 11) is 4.78. The minimum atomic E-state index is -0.128. The van der Waals surface area contributed by atoms with Crippen molar-refractivity contribution in [3.8, 4) is 17.2 Å². The Kier molecular flexibility index (Phi) is 7.94. The van der Waals surface area contributed by atoms with Gasteiger partial charge in [0.25, 0.3) is 0 Å². The normalized spacial score (nSPS) is 12.8. The molecule has 0 saturated carbocycles. The van der Waals surface area contributed by atoms with Crippen molar-refractivity contribution in [2.24, 2.45) is 5.16 Å². The van der Waals surface area contributed by atoms with Crippen molar-refractivity contribution in [2.75, 3.05) is 34.4 Å². The van der Waals surface area contributed by atoms with Crippen LogP contribution in [0.3, 0.4) is 0 Å². The van der Waals surface area contributed by atoms with Crippen molar-refractivity contribution < 1.29 is 19.0 Å². The van der Waals surface area contributed by atoms with E-state index in [0.29, 0.717) is 17.2 Å². The summed E-state index contributed by atoms with van der Waals surface area (Å²) in [5.74, 6) is 1.70. The third kappa shape index (κ3) is 4.93. The van der Waals surface area contributed by atoms with Crippen LogP contribution in [0.2, 0.25) is 0 Å². The molecular weight excluding hydrogens is 364 g/mol. The molecule has 0 amide bonds. The third-order valence-electron chi connectivity index (χ3n) is 4.32.